The van der Waals surface area contributed by atoms with E-state index in [-0.39, 0.29) is 28.6 Å². The van der Waals surface area contributed by atoms with Crippen LogP contribution in [0, 0.1) is 17.0 Å². The molecule has 0 aliphatic carbocycles. The molecule has 2 aromatic rings. The zero-order valence-corrected chi connectivity index (χ0v) is 18.0. The first-order valence-corrected chi connectivity index (χ1v) is 10.8. The van der Waals surface area contributed by atoms with Crippen LogP contribution in [0.3, 0.4) is 0 Å². The van der Waals surface area contributed by atoms with Gasteiger partial charge >= 0.3 is 0 Å². The van der Waals surface area contributed by atoms with Gasteiger partial charge in [0.05, 0.1) is 23.0 Å². The molecular weight excluding hydrogens is 394 g/mol. The summed E-state index contributed by atoms with van der Waals surface area (Å²) in [6.45, 7) is 7.87. The second-order valence-electron chi connectivity index (χ2n) is 6.53. The maximum absolute atomic E-state index is 13.4. The molecule has 0 heterocycles. The summed E-state index contributed by atoms with van der Waals surface area (Å²) in [5.41, 5.74) is 0.622. The topological polar surface area (TPSA) is 93.0 Å². The molecule has 0 amide bonds. The largest absolute Gasteiger partial charge is 0.496 e. The van der Waals surface area contributed by atoms with Gasteiger partial charge in [0.2, 0.25) is 0 Å². The average Bonchev–Trinajstić information content (AvgIpc) is 2.71. The molecule has 0 spiro atoms. The lowest BCUT2D eigenvalue weighted by Gasteiger charge is -2.27. The fourth-order valence-corrected chi connectivity index (χ4v) is 4.44. The van der Waals surface area contributed by atoms with Gasteiger partial charge in [-0.25, -0.2) is 8.42 Å². The van der Waals surface area contributed by atoms with Crippen molar-refractivity contribution in [3.05, 3.63) is 58.1 Å². The van der Waals surface area contributed by atoms with Crippen LogP contribution >= 0.6 is 0 Å². The molecule has 8 nitrogen and oxygen atoms in total. The fourth-order valence-electron chi connectivity index (χ4n) is 2.97. The zero-order valence-electron chi connectivity index (χ0n) is 17.2. The Morgan fingerprint density at radius 2 is 1.66 bits per heavy atom. The molecule has 0 bridgehead atoms. The molecule has 0 saturated carbocycles. The molecule has 2 aromatic carbocycles. The number of sulfonamides is 1. The molecule has 0 atom stereocenters. The second-order valence-corrected chi connectivity index (χ2v) is 8.39. The third-order valence-electron chi connectivity index (χ3n) is 4.77. The highest BCUT2D eigenvalue weighted by molar-refractivity contribution is 7.92. The number of hydrogen-bond acceptors (Lipinski definition) is 6. The van der Waals surface area contributed by atoms with Crippen LogP contribution < -0.4 is 9.04 Å². The number of hydrogen-bond donors (Lipinski definition) is 0. The molecular formula is C20H27N3O5S. The van der Waals surface area contributed by atoms with Gasteiger partial charge in [0.1, 0.15) is 11.4 Å². The van der Waals surface area contributed by atoms with Crippen molar-refractivity contribution in [1.82, 2.24) is 4.90 Å². The van der Waals surface area contributed by atoms with E-state index in [1.54, 1.807) is 12.1 Å². The predicted octanol–water partition coefficient (Wildman–Crippen LogP) is 3.45. The molecule has 0 aliphatic rings. The molecule has 0 saturated heterocycles. The second kappa shape index (κ2) is 9.71. The summed E-state index contributed by atoms with van der Waals surface area (Å²) in [5, 5.41) is 11.7. The number of benzene rings is 2. The lowest BCUT2D eigenvalue weighted by Crippen LogP contribution is -2.39. The highest BCUT2D eigenvalue weighted by Crippen LogP contribution is 2.35. The summed E-state index contributed by atoms with van der Waals surface area (Å²) in [4.78, 5) is 13.2. The minimum atomic E-state index is -4.00. The van der Waals surface area contributed by atoms with Crippen LogP contribution in [0.1, 0.15) is 19.4 Å². The smallest absolute Gasteiger partial charge is 0.297 e. The van der Waals surface area contributed by atoms with Gasteiger partial charge in [-0.05, 0) is 44.3 Å². The van der Waals surface area contributed by atoms with Gasteiger partial charge in [0, 0.05) is 13.1 Å². The van der Waals surface area contributed by atoms with Crippen molar-refractivity contribution < 1.29 is 18.1 Å². The minimum absolute atomic E-state index is 0.0172. The summed E-state index contributed by atoms with van der Waals surface area (Å²) < 4.78 is 33.0. The summed E-state index contributed by atoms with van der Waals surface area (Å²) in [6, 6.07) is 10.6. The number of nitrogens with zero attached hydrogens (tertiary/aromatic N) is 3. The zero-order chi connectivity index (χ0) is 21.6. The van der Waals surface area contributed by atoms with Crippen LogP contribution in [-0.4, -0.2) is 51.5 Å². The first-order chi connectivity index (χ1) is 13.7. The highest BCUT2D eigenvalue weighted by atomic mass is 32.2. The van der Waals surface area contributed by atoms with Gasteiger partial charge in [0.25, 0.3) is 15.7 Å². The Morgan fingerprint density at radius 1 is 1.03 bits per heavy atom. The van der Waals surface area contributed by atoms with Gasteiger partial charge in [-0.2, -0.15) is 0 Å². The molecule has 9 heteroatoms. The number of nitro benzene ring substituents is 1. The average molecular weight is 422 g/mol. The van der Waals surface area contributed by atoms with Crippen LogP contribution in [-0.2, 0) is 10.0 Å². The maximum Gasteiger partial charge on any atom is 0.297 e. The molecule has 0 fully saturated rings. The third kappa shape index (κ3) is 5.24. The Hall–Kier alpha value is -2.65. The van der Waals surface area contributed by atoms with E-state index >= 15 is 0 Å². The Kier molecular flexibility index (Phi) is 7.58. The van der Waals surface area contributed by atoms with E-state index in [0.717, 1.165) is 23.0 Å². The molecule has 0 aliphatic heterocycles. The van der Waals surface area contributed by atoms with Crippen LogP contribution in [0.5, 0.6) is 5.75 Å². The molecule has 0 unspecified atom stereocenters. The van der Waals surface area contributed by atoms with E-state index in [4.69, 9.17) is 4.74 Å². The van der Waals surface area contributed by atoms with E-state index in [9.17, 15) is 18.5 Å². The van der Waals surface area contributed by atoms with Crippen molar-refractivity contribution in [2.24, 2.45) is 0 Å². The van der Waals surface area contributed by atoms with Gasteiger partial charge < -0.3 is 9.64 Å². The molecule has 0 N–H and O–H groups in total. The van der Waals surface area contributed by atoms with Crippen molar-refractivity contribution in [3.63, 3.8) is 0 Å². The number of likely N-dealkylation sites (N-methyl/N-ethyl adjacent to an activating group) is 1. The monoisotopic (exact) mass is 421 g/mol. The van der Waals surface area contributed by atoms with Crippen LogP contribution in [0.2, 0.25) is 0 Å². The van der Waals surface area contributed by atoms with Crippen LogP contribution in [0.25, 0.3) is 0 Å². The first kappa shape index (κ1) is 22.6. The van der Waals surface area contributed by atoms with Crippen LogP contribution in [0.4, 0.5) is 11.4 Å². The predicted molar refractivity (Wildman–Crippen MR) is 113 cm³/mol. The fraction of sp³-hybridized carbons (Fsp3) is 0.400. The quantitative estimate of drug-likeness (QED) is 0.431. The molecule has 158 valence electrons. The summed E-state index contributed by atoms with van der Waals surface area (Å²) >= 11 is 0. The van der Waals surface area contributed by atoms with Crippen LogP contribution in [0.15, 0.2) is 47.4 Å². The normalized spacial score (nSPS) is 11.5. The summed E-state index contributed by atoms with van der Waals surface area (Å²) in [5.74, 6) is 0.289. The Bertz CT molecular complexity index is 941. The number of ether oxygens (including phenoxy) is 1. The number of rotatable bonds is 10. The van der Waals surface area contributed by atoms with Gasteiger partial charge in [-0.3, -0.25) is 14.4 Å². The minimum Gasteiger partial charge on any atom is -0.496 e. The van der Waals surface area contributed by atoms with Crippen molar-refractivity contribution in [2.45, 2.75) is 25.7 Å². The van der Waals surface area contributed by atoms with E-state index in [1.165, 1.54) is 37.4 Å². The Labute approximate surface area is 171 Å². The number of methoxy groups -OCH3 is 1. The molecule has 0 radical (unpaired) electrons. The summed E-state index contributed by atoms with van der Waals surface area (Å²) in [7, 11) is -2.59. The summed E-state index contributed by atoms with van der Waals surface area (Å²) in [6.07, 6.45) is 0. The van der Waals surface area contributed by atoms with E-state index < -0.39 is 14.9 Å². The van der Waals surface area contributed by atoms with E-state index in [1.807, 2.05) is 20.8 Å². The number of aryl methyl sites for hydroxylation is 1. The highest BCUT2D eigenvalue weighted by Gasteiger charge is 2.31. The SMILES string of the molecule is CCN(CC)CCN(c1ccc(OC)cc1[N+](=O)[O-])S(=O)(=O)c1ccc(C)cc1. The van der Waals surface area contributed by atoms with Crippen molar-refractivity contribution in [3.8, 4) is 5.75 Å². The van der Waals surface area contributed by atoms with E-state index in [2.05, 4.69) is 4.90 Å². The van der Waals surface area contributed by atoms with Gasteiger partial charge in [-0.1, -0.05) is 31.5 Å². The van der Waals surface area contributed by atoms with Crippen molar-refractivity contribution in [1.29, 1.82) is 0 Å². The number of nitro groups is 1. The lowest BCUT2D eigenvalue weighted by molar-refractivity contribution is -0.384. The Morgan fingerprint density at radius 3 is 2.17 bits per heavy atom. The lowest BCUT2D eigenvalue weighted by atomic mass is 10.2. The molecule has 29 heavy (non-hydrogen) atoms. The first-order valence-electron chi connectivity index (χ1n) is 9.38. The maximum atomic E-state index is 13.4. The van der Waals surface area contributed by atoms with Gasteiger partial charge in [-0.15, -0.1) is 0 Å². The standard InChI is InChI=1S/C20H27N3O5S/c1-5-21(6-2)13-14-22(29(26,27)18-10-7-16(3)8-11-18)19-12-9-17(28-4)15-20(19)23(24)25/h7-12,15H,5-6,13-14H2,1-4H3. The van der Waals surface area contributed by atoms with Crippen molar-refractivity contribution >= 4 is 21.4 Å². The molecule has 2 rings (SSSR count). The Balaban J connectivity index is 2.59. The third-order valence-corrected chi connectivity index (χ3v) is 6.60. The number of anilines is 1. The van der Waals surface area contributed by atoms with E-state index in [0.29, 0.717) is 6.54 Å². The van der Waals surface area contributed by atoms with Gasteiger partial charge in [0.15, 0.2) is 0 Å². The van der Waals surface area contributed by atoms with Crippen molar-refractivity contribution in [2.75, 3.05) is 37.6 Å². The molecule has 0 aromatic heterocycles.